The molecule has 0 unspecified atom stereocenters. The van der Waals surface area contributed by atoms with Crippen LogP contribution in [0.25, 0.3) is 11.3 Å². The summed E-state index contributed by atoms with van der Waals surface area (Å²) in [4.78, 5) is 12.2. The van der Waals surface area contributed by atoms with Gasteiger partial charge in [0.15, 0.2) is 0 Å². The second kappa shape index (κ2) is 8.71. The maximum Gasteiger partial charge on any atom is 0.220 e. The van der Waals surface area contributed by atoms with Crippen LogP contribution in [0.15, 0.2) is 46.9 Å². The van der Waals surface area contributed by atoms with E-state index in [0.717, 1.165) is 17.1 Å². The van der Waals surface area contributed by atoms with E-state index in [1.165, 1.54) is 4.31 Å². The van der Waals surface area contributed by atoms with Crippen LogP contribution in [-0.4, -0.2) is 43.5 Å². The molecule has 7 heteroatoms. The molecule has 1 aromatic carbocycles. The van der Waals surface area contributed by atoms with E-state index < -0.39 is 10.0 Å². The fraction of sp³-hybridized carbons (Fsp3) is 0.450. The number of furan rings is 1. The number of amides is 1. The highest BCUT2D eigenvalue weighted by Crippen LogP contribution is 2.22. The molecular weight excluding hydrogens is 364 g/mol. The number of benzene rings is 1. The van der Waals surface area contributed by atoms with E-state index in [1.807, 2.05) is 42.5 Å². The summed E-state index contributed by atoms with van der Waals surface area (Å²) in [5.41, 5.74) is 1.02. The van der Waals surface area contributed by atoms with Crippen molar-refractivity contribution in [2.45, 2.75) is 38.6 Å². The van der Waals surface area contributed by atoms with Crippen molar-refractivity contribution in [3.8, 4) is 11.3 Å². The predicted molar refractivity (Wildman–Crippen MR) is 105 cm³/mol. The molecule has 0 spiro atoms. The molecule has 1 aromatic heterocycles. The van der Waals surface area contributed by atoms with Crippen LogP contribution in [0.1, 0.15) is 31.9 Å². The average molecular weight is 391 g/mol. The standard InChI is InChI=1S/C20H26N2O4S/c1-2-27(24,25)22-14-12-17(13-15-22)21-20(23)11-9-18-8-10-19(26-18)16-6-4-3-5-7-16/h3-8,10,17H,2,9,11-15H2,1H3,(H,21,23). The zero-order valence-electron chi connectivity index (χ0n) is 15.6. The fourth-order valence-electron chi connectivity index (χ4n) is 3.27. The number of carbonyl (C=O) groups is 1. The number of hydrogen-bond acceptors (Lipinski definition) is 4. The maximum atomic E-state index is 12.2. The highest BCUT2D eigenvalue weighted by atomic mass is 32.2. The summed E-state index contributed by atoms with van der Waals surface area (Å²) < 4.78 is 31.1. The molecule has 0 aliphatic carbocycles. The molecule has 2 heterocycles. The van der Waals surface area contributed by atoms with E-state index in [-0.39, 0.29) is 17.7 Å². The maximum absolute atomic E-state index is 12.2. The molecule has 0 atom stereocenters. The number of carbonyl (C=O) groups excluding carboxylic acids is 1. The topological polar surface area (TPSA) is 79.6 Å². The second-order valence-electron chi connectivity index (χ2n) is 6.77. The number of piperidine rings is 1. The second-order valence-corrected chi connectivity index (χ2v) is 9.03. The highest BCUT2D eigenvalue weighted by molar-refractivity contribution is 7.89. The van der Waals surface area contributed by atoms with Crippen molar-refractivity contribution in [2.75, 3.05) is 18.8 Å². The Labute approximate surface area is 160 Å². The number of nitrogens with one attached hydrogen (secondary N) is 1. The fourth-order valence-corrected chi connectivity index (χ4v) is 4.40. The minimum atomic E-state index is -3.13. The molecule has 27 heavy (non-hydrogen) atoms. The third kappa shape index (κ3) is 5.20. The summed E-state index contributed by atoms with van der Waals surface area (Å²) in [7, 11) is -3.13. The first-order valence-corrected chi connectivity index (χ1v) is 11.0. The molecule has 3 rings (SSSR count). The van der Waals surface area contributed by atoms with Crippen LogP contribution in [0.5, 0.6) is 0 Å². The predicted octanol–water partition coefficient (Wildman–Crippen LogP) is 2.81. The van der Waals surface area contributed by atoms with E-state index in [9.17, 15) is 13.2 Å². The van der Waals surface area contributed by atoms with Crippen LogP contribution in [0.2, 0.25) is 0 Å². The third-order valence-corrected chi connectivity index (χ3v) is 6.78. The number of aryl methyl sites for hydroxylation is 1. The summed E-state index contributed by atoms with van der Waals surface area (Å²) in [5, 5.41) is 3.02. The van der Waals surface area contributed by atoms with Crippen LogP contribution in [0, 0.1) is 0 Å². The lowest BCUT2D eigenvalue weighted by Gasteiger charge is -2.31. The van der Waals surface area contributed by atoms with E-state index in [1.54, 1.807) is 6.92 Å². The van der Waals surface area contributed by atoms with Gasteiger partial charge in [-0.2, -0.15) is 0 Å². The van der Waals surface area contributed by atoms with E-state index in [2.05, 4.69) is 5.32 Å². The van der Waals surface area contributed by atoms with Gasteiger partial charge >= 0.3 is 0 Å². The summed E-state index contributed by atoms with van der Waals surface area (Å²) in [5.74, 6) is 1.69. The van der Waals surface area contributed by atoms with Gasteiger partial charge in [-0.25, -0.2) is 12.7 Å². The largest absolute Gasteiger partial charge is 0.461 e. The Morgan fingerprint density at radius 1 is 1.15 bits per heavy atom. The Bertz CT molecular complexity index is 853. The van der Waals surface area contributed by atoms with Crippen LogP contribution in [0.3, 0.4) is 0 Å². The van der Waals surface area contributed by atoms with Crippen molar-refractivity contribution >= 4 is 15.9 Å². The zero-order chi connectivity index (χ0) is 19.3. The molecule has 0 radical (unpaired) electrons. The zero-order valence-corrected chi connectivity index (χ0v) is 16.4. The van der Waals surface area contributed by atoms with Crippen molar-refractivity contribution in [3.63, 3.8) is 0 Å². The van der Waals surface area contributed by atoms with Gasteiger partial charge in [0.05, 0.1) is 5.75 Å². The van der Waals surface area contributed by atoms with Gasteiger partial charge in [0.25, 0.3) is 0 Å². The molecule has 1 aliphatic rings. The molecular formula is C20H26N2O4S. The number of hydrogen-bond donors (Lipinski definition) is 1. The summed E-state index contributed by atoms with van der Waals surface area (Å²) in [6.07, 6.45) is 2.21. The Kier molecular flexibility index (Phi) is 6.34. The summed E-state index contributed by atoms with van der Waals surface area (Å²) >= 11 is 0. The number of sulfonamides is 1. The molecule has 0 saturated carbocycles. The lowest BCUT2D eigenvalue weighted by Crippen LogP contribution is -2.46. The Morgan fingerprint density at radius 2 is 1.85 bits per heavy atom. The molecule has 1 aliphatic heterocycles. The molecule has 6 nitrogen and oxygen atoms in total. The van der Waals surface area contributed by atoms with Gasteiger partial charge in [-0.1, -0.05) is 30.3 Å². The summed E-state index contributed by atoms with van der Waals surface area (Å²) in [6.45, 7) is 2.60. The van der Waals surface area contributed by atoms with Crippen LogP contribution >= 0.6 is 0 Å². The molecule has 2 aromatic rings. The van der Waals surface area contributed by atoms with Crippen molar-refractivity contribution in [1.29, 1.82) is 0 Å². The lowest BCUT2D eigenvalue weighted by atomic mass is 10.1. The number of rotatable bonds is 7. The molecule has 1 fully saturated rings. The molecule has 146 valence electrons. The first-order chi connectivity index (χ1) is 13.0. The van der Waals surface area contributed by atoms with Crippen molar-refractivity contribution in [2.24, 2.45) is 0 Å². The van der Waals surface area contributed by atoms with E-state index in [0.29, 0.717) is 38.8 Å². The SMILES string of the molecule is CCS(=O)(=O)N1CCC(NC(=O)CCc2ccc(-c3ccccc3)o2)CC1. The van der Waals surface area contributed by atoms with Crippen molar-refractivity contribution in [1.82, 2.24) is 9.62 Å². The Morgan fingerprint density at radius 3 is 2.52 bits per heavy atom. The monoisotopic (exact) mass is 390 g/mol. The van der Waals surface area contributed by atoms with Gasteiger partial charge in [-0.3, -0.25) is 4.79 Å². The van der Waals surface area contributed by atoms with Crippen molar-refractivity contribution < 1.29 is 17.6 Å². The Balaban J connectivity index is 1.44. The minimum absolute atomic E-state index is 0.0236. The Hall–Kier alpha value is -2.12. The molecule has 1 amide bonds. The van der Waals surface area contributed by atoms with Gasteiger partial charge in [-0.05, 0) is 31.9 Å². The van der Waals surface area contributed by atoms with Gasteiger partial charge < -0.3 is 9.73 Å². The highest BCUT2D eigenvalue weighted by Gasteiger charge is 2.27. The first-order valence-electron chi connectivity index (χ1n) is 9.39. The quantitative estimate of drug-likeness (QED) is 0.788. The third-order valence-electron chi connectivity index (χ3n) is 4.90. The first kappa shape index (κ1) is 19.6. The van der Waals surface area contributed by atoms with Crippen LogP contribution in [-0.2, 0) is 21.2 Å². The van der Waals surface area contributed by atoms with Crippen LogP contribution in [0.4, 0.5) is 0 Å². The average Bonchev–Trinajstić information content (AvgIpc) is 3.17. The normalized spacial score (nSPS) is 16.3. The lowest BCUT2D eigenvalue weighted by molar-refractivity contribution is -0.122. The van der Waals surface area contributed by atoms with Crippen LogP contribution < -0.4 is 5.32 Å². The van der Waals surface area contributed by atoms with Gasteiger partial charge in [0.2, 0.25) is 15.9 Å². The van der Waals surface area contributed by atoms with Gasteiger partial charge in [-0.15, -0.1) is 0 Å². The molecule has 1 N–H and O–H groups in total. The van der Waals surface area contributed by atoms with Gasteiger partial charge in [0, 0.05) is 37.5 Å². The molecule has 0 bridgehead atoms. The van der Waals surface area contributed by atoms with E-state index >= 15 is 0 Å². The minimum Gasteiger partial charge on any atom is -0.461 e. The van der Waals surface area contributed by atoms with Crippen molar-refractivity contribution in [3.05, 3.63) is 48.2 Å². The smallest absolute Gasteiger partial charge is 0.220 e. The number of nitrogens with zero attached hydrogens (tertiary/aromatic N) is 1. The molecule has 1 saturated heterocycles. The van der Waals surface area contributed by atoms with Gasteiger partial charge in [0.1, 0.15) is 11.5 Å². The van der Waals surface area contributed by atoms with E-state index in [4.69, 9.17) is 4.42 Å². The summed E-state index contributed by atoms with van der Waals surface area (Å²) in [6, 6.07) is 13.7.